The summed E-state index contributed by atoms with van der Waals surface area (Å²) < 4.78 is 22.9. The third kappa shape index (κ3) is 4.55. The van der Waals surface area contributed by atoms with Crippen LogP contribution in [0, 0.1) is 10.1 Å². The molecule has 7 nitrogen and oxygen atoms in total. The predicted octanol–water partition coefficient (Wildman–Crippen LogP) is 3.14. The van der Waals surface area contributed by atoms with Crippen LogP contribution >= 0.6 is 11.6 Å². The van der Waals surface area contributed by atoms with Crippen molar-refractivity contribution in [3.05, 3.63) is 68.7 Å². The Morgan fingerprint density at radius 3 is 2.28 bits per heavy atom. The normalized spacial score (nSPS) is 12.4. The second kappa shape index (κ2) is 7.20. The summed E-state index contributed by atoms with van der Waals surface area (Å²) in [5, 5.41) is 13.4. The molecular weight excluding hydrogens is 368 g/mol. The molecule has 0 aliphatic heterocycles. The molecule has 25 heavy (non-hydrogen) atoms. The highest BCUT2D eigenvalue weighted by atomic mass is 35.5. The van der Waals surface area contributed by atoms with Crippen LogP contribution in [0.3, 0.4) is 0 Å². The van der Waals surface area contributed by atoms with Crippen LogP contribution in [-0.4, -0.2) is 25.5 Å². The summed E-state index contributed by atoms with van der Waals surface area (Å²) in [6.45, 7) is 1.73. The van der Waals surface area contributed by atoms with Gasteiger partial charge in [0.15, 0.2) is 9.84 Å². The number of nitrogens with one attached hydrogen (secondary N) is 1. The smallest absolute Gasteiger partial charge is 0.270 e. The van der Waals surface area contributed by atoms with Crippen molar-refractivity contribution in [1.29, 1.82) is 0 Å². The molecule has 1 N–H and O–H groups in total. The van der Waals surface area contributed by atoms with E-state index in [9.17, 15) is 23.3 Å². The van der Waals surface area contributed by atoms with Crippen LogP contribution in [0.25, 0.3) is 0 Å². The molecule has 0 saturated carbocycles. The minimum absolute atomic E-state index is 0.0219. The molecule has 0 heterocycles. The average molecular weight is 383 g/mol. The number of nitro groups is 1. The second-order valence-electron chi connectivity index (χ2n) is 5.46. The van der Waals surface area contributed by atoms with Crippen LogP contribution in [0.5, 0.6) is 0 Å². The summed E-state index contributed by atoms with van der Waals surface area (Å²) in [5.41, 5.74) is 0.622. The van der Waals surface area contributed by atoms with Crippen molar-refractivity contribution in [2.45, 2.75) is 17.9 Å². The van der Waals surface area contributed by atoms with Gasteiger partial charge in [-0.15, -0.1) is 0 Å². The molecule has 0 aliphatic rings. The predicted molar refractivity (Wildman–Crippen MR) is 93.5 cm³/mol. The van der Waals surface area contributed by atoms with Crippen molar-refractivity contribution < 1.29 is 18.1 Å². The van der Waals surface area contributed by atoms with Gasteiger partial charge in [0.05, 0.1) is 26.4 Å². The lowest BCUT2D eigenvalue weighted by Crippen LogP contribution is -2.26. The Labute approximate surface area is 149 Å². The summed E-state index contributed by atoms with van der Waals surface area (Å²) in [5.74, 6) is -0.486. The minimum Gasteiger partial charge on any atom is -0.345 e. The topological polar surface area (TPSA) is 106 Å². The largest absolute Gasteiger partial charge is 0.345 e. The maximum absolute atomic E-state index is 12.3. The molecule has 0 unspecified atom stereocenters. The Kier molecular flexibility index (Phi) is 5.44. The van der Waals surface area contributed by atoms with E-state index in [4.69, 9.17) is 11.6 Å². The highest BCUT2D eigenvalue weighted by molar-refractivity contribution is 7.90. The van der Waals surface area contributed by atoms with E-state index in [0.29, 0.717) is 5.56 Å². The molecular formula is C16H15ClN2O5S. The summed E-state index contributed by atoms with van der Waals surface area (Å²) >= 11 is 5.94. The molecule has 0 aliphatic carbocycles. The van der Waals surface area contributed by atoms with Crippen LogP contribution in [0.2, 0.25) is 5.02 Å². The molecule has 1 atom stereocenters. The fourth-order valence-corrected chi connectivity index (χ4v) is 3.05. The summed E-state index contributed by atoms with van der Waals surface area (Å²) in [4.78, 5) is 22.6. The van der Waals surface area contributed by atoms with Gasteiger partial charge in [0.2, 0.25) is 0 Å². The van der Waals surface area contributed by atoms with E-state index in [-0.39, 0.29) is 21.2 Å². The number of carbonyl (C=O) groups excluding carboxylic acids is 1. The highest BCUT2D eigenvalue weighted by Gasteiger charge is 2.17. The molecule has 2 aromatic rings. The quantitative estimate of drug-likeness (QED) is 0.631. The van der Waals surface area contributed by atoms with Crippen molar-refractivity contribution in [1.82, 2.24) is 5.32 Å². The zero-order chi connectivity index (χ0) is 18.8. The molecule has 1 amide bonds. The van der Waals surface area contributed by atoms with Crippen LogP contribution in [0.1, 0.15) is 28.9 Å². The summed E-state index contributed by atoms with van der Waals surface area (Å²) in [6.07, 6.45) is 1.11. The van der Waals surface area contributed by atoms with Gasteiger partial charge in [-0.05, 0) is 30.7 Å². The lowest BCUT2D eigenvalue weighted by atomic mass is 10.1. The molecule has 2 rings (SSSR count). The zero-order valence-corrected chi connectivity index (χ0v) is 15.0. The molecule has 0 aromatic heterocycles. The van der Waals surface area contributed by atoms with Crippen molar-refractivity contribution in [3.8, 4) is 0 Å². The maximum Gasteiger partial charge on any atom is 0.270 e. The first-order valence-corrected chi connectivity index (χ1v) is 9.41. The first-order valence-electron chi connectivity index (χ1n) is 7.14. The lowest BCUT2D eigenvalue weighted by Gasteiger charge is -2.15. The first kappa shape index (κ1) is 18.9. The molecule has 0 radical (unpaired) electrons. The van der Waals surface area contributed by atoms with Crippen molar-refractivity contribution in [3.63, 3.8) is 0 Å². The standard InChI is InChI=1S/C16H15ClN2O5S/c1-10(11-3-6-13(7-4-11)25(2,23)24)18-16(20)14-8-5-12(19(21)22)9-15(14)17/h3-10H,1-2H3,(H,18,20)/t10-/m1/s1. The van der Waals surface area contributed by atoms with Crippen molar-refractivity contribution in [2.75, 3.05) is 6.26 Å². The molecule has 9 heteroatoms. The Hall–Kier alpha value is -2.45. The number of nitro benzene ring substituents is 1. The van der Waals surface area contributed by atoms with Crippen molar-refractivity contribution in [2.24, 2.45) is 0 Å². The van der Waals surface area contributed by atoms with E-state index in [0.717, 1.165) is 12.3 Å². The maximum atomic E-state index is 12.3. The fourth-order valence-electron chi connectivity index (χ4n) is 2.16. The van der Waals surface area contributed by atoms with Gasteiger partial charge in [-0.1, -0.05) is 23.7 Å². The lowest BCUT2D eigenvalue weighted by molar-refractivity contribution is -0.384. The van der Waals surface area contributed by atoms with E-state index in [1.54, 1.807) is 19.1 Å². The average Bonchev–Trinajstić information content (AvgIpc) is 2.53. The molecule has 2 aromatic carbocycles. The van der Waals surface area contributed by atoms with E-state index in [1.807, 2.05) is 0 Å². The molecule has 0 saturated heterocycles. The first-order chi connectivity index (χ1) is 11.6. The van der Waals surface area contributed by atoms with Gasteiger partial charge in [0.25, 0.3) is 11.6 Å². The fraction of sp³-hybridized carbons (Fsp3) is 0.188. The number of halogens is 1. The van der Waals surface area contributed by atoms with Gasteiger partial charge in [-0.3, -0.25) is 14.9 Å². The number of benzene rings is 2. The van der Waals surface area contributed by atoms with Crippen molar-refractivity contribution >= 4 is 33.0 Å². The van der Waals surface area contributed by atoms with E-state index in [2.05, 4.69) is 5.32 Å². The van der Waals surface area contributed by atoms with Gasteiger partial charge in [0, 0.05) is 18.4 Å². The van der Waals surface area contributed by atoms with Crippen LogP contribution in [-0.2, 0) is 9.84 Å². The minimum atomic E-state index is -3.29. The van der Waals surface area contributed by atoms with Crippen LogP contribution in [0.15, 0.2) is 47.4 Å². The van der Waals surface area contributed by atoms with E-state index < -0.39 is 26.7 Å². The third-order valence-electron chi connectivity index (χ3n) is 3.56. The summed E-state index contributed by atoms with van der Waals surface area (Å²) in [6, 6.07) is 9.34. The number of carbonyl (C=O) groups is 1. The SMILES string of the molecule is C[C@@H](NC(=O)c1ccc([N+](=O)[O-])cc1Cl)c1ccc(S(C)(=O)=O)cc1. The number of non-ortho nitro benzene ring substituents is 1. The summed E-state index contributed by atoms with van der Waals surface area (Å²) in [7, 11) is -3.29. The van der Waals surface area contributed by atoms with Gasteiger partial charge < -0.3 is 5.32 Å². The number of nitrogens with zero attached hydrogens (tertiary/aromatic N) is 1. The molecule has 0 fully saturated rings. The van der Waals surface area contributed by atoms with E-state index in [1.165, 1.54) is 24.3 Å². The number of amides is 1. The van der Waals surface area contributed by atoms with Gasteiger partial charge in [0.1, 0.15) is 0 Å². The Bertz CT molecular complexity index is 926. The monoisotopic (exact) mass is 382 g/mol. The Balaban J connectivity index is 2.16. The molecule has 132 valence electrons. The van der Waals surface area contributed by atoms with Crippen LogP contribution < -0.4 is 5.32 Å². The number of rotatable bonds is 5. The van der Waals surface area contributed by atoms with Gasteiger partial charge in [-0.2, -0.15) is 0 Å². The van der Waals surface area contributed by atoms with E-state index >= 15 is 0 Å². The zero-order valence-electron chi connectivity index (χ0n) is 13.4. The molecule has 0 bridgehead atoms. The van der Waals surface area contributed by atoms with Gasteiger partial charge >= 0.3 is 0 Å². The van der Waals surface area contributed by atoms with Crippen LogP contribution in [0.4, 0.5) is 5.69 Å². The highest BCUT2D eigenvalue weighted by Crippen LogP contribution is 2.23. The number of hydrogen-bond donors (Lipinski definition) is 1. The second-order valence-corrected chi connectivity index (χ2v) is 7.88. The number of hydrogen-bond acceptors (Lipinski definition) is 5. The van der Waals surface area contributed by atoms with Gasteiger partial charge in [-0.25, -0.2) is 8.42 Å². The third-order valence-corrected chi connectivity index (χ3v) is 5.01. The Morgan fingerprint density at radius 2 is 1.80 bits per heavy atom. The Morgan fingerprint density at radius 1 is 1.20 bits per heavy atom. The molecule has 0 spiro atoms. The number of sulfone groups is 1.